The molecular weight excluding hydrogens is 398 g/mol. The Labute approximate surface area is 186 Å². The molecule has 5 heterocycles. The Balaban J connectivity index is 1.34. The van der Waals surface area contributed by atoms with Gasteiger partial charge in [-0.3, -0.25) is 14.4 Å². The summed E-state index contributed by atoms with van der Waals surface area (Å²) < 4.78 is 2.09. The van der Waals surface area contributed by atoms with Gasteiger partial charge < -0.3 is 9.80 Å². The molecule has 0 atom stereocenters. The van der Waals surface area contributed by atoms with Crippen molar-refractivity contribution >= 4 is 22.4 Å². The van der Waals surface area contributed by atoms with Crippen molar-refractivity contribution in [3.63, 3.8) is 0 Å². The highest BCUT2D eigenvalue weighted by Gasteiger charge is 2.15. The highest BCUT2D eigenvalue weighted by Crippen LogP contribution is 2.26. The second kappa shape index (κ2) is 7.69. The summed E-state index contributed by atoms with van der Waals surface area (Å²) in [6.45, 7) is 4.14. The Kier molecular flexibility index (Phi) is 4.54. The molecule has 7 nitrogen and oxygen atoms in total. The van der Waals surface area contributed by atoms with E-state index in [1.807, 2.05) is 43.1 Å². The van der Waals surface area contributed by atoms with Gasteiger partial charge in [-0.15, -0.1) is 0 Å². The molecule has 1 saturated heterocycles. The van der Waals surface area contributed by atoms with E-state index in [2.05, 4.69) is 66.5 Å². The molecule has 0 saturated carbocycles. The third-order valence-electron chi connectivity index (χ3n) is 6.17. The largest absolute Gasteiger partial charge is 0.354 e. The Morgan fingerprint density at radius 3 is 2.50 bits per heavy atom. The molecule has 1 aliphatic heterocycles. The van der Waals surface area contributed by atoms with Crippen molar-refractivity contribution in [1.82, 2.24) is 29.2 Å². The summed E-state index contributed by atoms with van der Waals surface area (Å²) >= 11 is 0. The maximum Gasteiger partial charge on any atom is 0.155 e. The highest BCUT2D eigenvalue weighted by molar-refractivity contribution is 5.84. The van der Waals surface area contributed by atoms with Crippen LogP contribution in [0.5, 0.6) is 0 Å². The van der Waals surface area contributed by atoms with Crippen molar-refractivity contribution in [3.05, 3.63) is 73.4 Å². The van der Waals surface area contributed by atoms with Crippen LogP contribution in [-0.2, 0) is 0 Å². The van der Waals surface area contributed by atoms with E-state index >= 15 is 0 Å². The van der Waals surface area contributed by atoms with Crippen LogP contribution in [0.25, 0.3) is 39.1 Å². The lowest BCUT2D eigenvalue weighted by atomic mass is 10.1. The zero-order valence-corrected chi connectivity index (χ0v) is 17.9. The first kappa shape index (κ1) is 18.9. The van der Waals surface area contributed by atoms with Crippen LogP contribution >= 0.6 is 0 Å². The average molecular weight is 422 g/mol. The summed E-state index contributed by atoms with van der Waals surface area (Å²) in [4.78, 5) is 23.0. The van der Waals surface area contributed by atoms with Crippen molar-refractivity contribution in [2.75, 3.05) is 38.1 Å². The van der Waals surface area contributed by atoms with E-state index < -0.39 is 0 Å². The number of aromatic nitrogens is 5. The van der Waals surface area contributed by atoms with Crippen LogP contribution < -0.4 is 4.90 Å². The molecule has 158 valence electrons. The van der Waals surface area contributed by atoms with Crippen LogP contribution in [-0.4, -0.2) is 62.5 Å². The van der Waals surface area contributed by atoms with Gasteiger partial charge in [0.2, 0.25) is 0 Å². The maximum atomic E-state index is 4.72. The smallest absolute Gasteiger partial charge is 0.155 e. The Hall–Kier alpha value is -3.84. The second-order valence-electron chi connectivity index (χ2n) is 8.25. The van der Waals surface area contributed by atoms with Crippen LogP contribution in [0.3, 0.4) is 0 Å². The molecular formula is C25H23N7. The molecule has 0 spiro atoms. The van der Waals surface area contributed by atoms with Gasteiger partial charge in [-0.2, -0.15) is 0 Å². The molecule has 0 N–H and O–H groups in total. The van der Waals surface area contributed by atoms with Gasteiger partial charge in [0.25, 0.3) is 0 Å². The van der Waals surface area contributed by atoms with Crippen molar-refractivity contribution in [3.8, 4) is 22.5 Å². The predicted molar refractivity (Wildman–Crippen MR) is 127 cm³/mol. The average Bonchev–Trinajstić information content (AvgIpc) is 3.28. The molecule has 1 fully saturated rings. The topological polar surface area (TPSA) is 62.5 Å². The quantitative estimate of drug-likeness (QED) is 0.442. The fraction of sp³-hybridized carbons (Fsp3) is 0.200. The summed E-state index contributed by atoms with van der Waals surface area (Å²) in [6.07, 6.45) is 9.48. The van der Waals surface area contributed by atoms with E-state index in [0.29, 0.717) is 0 Å². The van der Waals surface area contributed by atoms with Crippen molar-refractivity contribution < 1.29 is 0 Å². The molecule has 5 aromatic rings. The van der Waals surface area contributed by atoms with Crippen molar-refractivity contribution in [2.45, 2.75) is 0 Å². The molecule has 0 radical (unpaired) electrons. The standard InChI is InChI=1S/C25H23N7/c1-30-9-11-31(12-10-30)24-7-5-20(14-28-24)22-17-32-23(15-29-25(32)16-27-22)19-4-6-21-18(13-19)3-2-8-26-21/h2-8,13-17H,9-12H2,1H3. The monoisotopic (exact) mass is 421 g/mol. The zero-order chi connectivity index (χ0) is 21.5. The first-order valence-electron chi connectivity index (χ1n) is 10.8. The van der Waals surface area contributed by atoms with Gasteiger partial charge >= 0.3 is 0 Å². The number of pyridine rings is 2. The summed E-state index contributed by atoms with van der Waals surface area (Å²) in [5.74, 6) is 1.02. The fourth-order valence-electron chi connectivity index (χ4n) is 4.25. The minimum atomic E-state index is 0.817. The Morgan fingerprint density at radius 1 is 0.781 bits per heavy atom. The molecule has 4 aromatic heterocycles. The summed E-state index contributed by atoms with van der Waals surface area (Å²) in [7, 11) is 2.16. The minimum Gasteiger partial charge on any atom is -0.354 e. The van der Waals surface area contributed by atoms with E-state index in [9.17, 15) is 0 Å². The lowest BCUT2D eigenvalue weighted by molar-refractivity contribution is 0.312. The normalized spacial score (nSPS) is 15.0. The van der Waals surface area contributed by atoms with E-state index in [1.54, 1.807) is 0 Å². The molecule has 0 aliphatic carbocycles. The van der Waals surface area contributed by atoms with Gasteiger partial charge in [0.15, 0.2) is 5.65 Å². The number of fused-ring (bicyclic) bond motifs is 2. The van der Waals surface area contributed by atoms with Gasteiger partial charge in [0.1, 0.15) is 5.82 Å². The number of anilines is 1. The van der Waals surface area contributed by atoms with Crippen LogP contribution in [0, 0.1) is 0 Å². The number of benzene rings is 1. The number of hydrogen-bond acceptors (Lipinski definition) is 6. The summed E-state index contributed by atoms with van der Waals surface area (Å²) in [5.41, 5.74) is 5.79. The van der Waals surface area contributed by atoms with Crippen LogP contribution in [0.15, 0.2) is 73.4 Å². The molecule has 7 heteroatoms. The van der Waals surface area contributed by atoms with E-state index in [4.69, 9.17) is 4.98 Å². The minimum absolute atomic E-state index is 0.817. The second-order valence-corrected chi connectivity index (χ2v) is 8.25. The highest BCUT2D eigenvalue weighted by atomic mass is 15.3. The van der Waals surface area contributed by atoms with E-state index in [1.165, 1.54) is 0 Å². The molecule has 0 unspecified atom stereocenters. The number of rotatable bonds is 3. The van der Waals surface area contributed by atoms with Crippen LogP contribution in [0.1, 0.15) is 0 Å². The summed E-state index contributed by atoms with van der Waals surface area (Å²) in [6, 6.07) is 14.5. The van der Waals surface area contributed by atoms with E-state index in [-0.39, 0.29) is 0 Å². The number of likely N-dealkylation sites (N-methyl/N-ethyl adjacent to an activating group) is 1. The third kappa shape index (κ3) is 3.36. The molecule has 1 aliphatic rings. The van der Waals surface area contributed by atoms with Crippen molar-refractivity contribution in [2.24, 2.45) is 0 Å². The molecule has 0 bridgehead atoms. The van der Waals surface area contributed by atoms with Gasteiger partial charge in [0, 0.05) is 61.3 Å². The molecule has 32 heavy (non-hydrogen) atoms. The zero-order valence-electron chi connectivity index (χ0n) is 17.9. The van der Waals surface area contributed by atoms with E-state index in [0.717, 1.165) is 71.1 Å². The van der Waals surface area contributed by atoms with Gasteiger partial charge in [-0.05, 0) is 37.4 Å². The lowest BCUT2D eigenvalue weighted by Gasteiger charge is -2.33. The van der Waals surface area contributed by atoms with Gasteiger partial charge in [-0.25, -0.2) is 9.97 Å². The first-order chi connectivity index (χ1) is 15.7. The maximum absolute atomic E-state index is 4.72. The SMILES string of the molecule is CN1CCN(c2ccc(-c3cn4c(-c5ccc6ncccc6c5)cnc4cn3)cn2)CC1. The molecule has 0 amide bonds. The number of piperazine rings is 1. The third-order valence-corrected chi connectivity index (χ3v) is 6.17. The summed E-state index contributed by atoms with van der Waals surface area (Å²) in [5, 5.41) is 1.11. The molecule has 1 aromatic carbocycles. The number of imidazole rings is 1. The van der Waals surface area contributed by atoms with Crippen molar-refractivity contribution in [1.29, 1.82) is 0 Å². The van der Waals surface area contributed by atoms with Crippen LogP contribution in [0.2, 0.25) is 0 Å². The van der Waals surface area contributed by atoms with Gasteiger partial charge in [-0.1, -0.05) is 12.1 Å². The fourth-order valence-corrected chi connectivity index (χ4v) is 4.25. The number of hydrogen-bond donors (Lipinski definition) is 0. The Morgan fingerprint density at radius 2 is 1.66 bits per heavy atom. The molecule has 6 rings (SSSR count). The van der Waals surface area contributed by atoms with Crippen LogP contribution in [0.4, 0.5) is 5.82 Å². The predicted octanol–water partition coefficient (Wildman–Crippen LogP) is 3.76. The van der Waals surface area contributed by atoms with Gasteiger partial charge in [0.05, 0.1) is 29.3 Å². The lowest BCUT2D eigenvalue weighted by Crippen LogP contribution is -2.44. The number of nitrogens with zero attached hydrogens (tertiary/aromatic N) is 7. The first-order valence-corrected chi connectivity index (χ1v) is 10.8. The Bertz CT molecular complexity index is 1400.